The molecule has 5 nitrogen and oxygen atoms in total. The molecule has 3 N–H and O–H groups in total. The van der Waals surface area contributed by atoms with Gasteiger partial charge in [-0.2, -0.15) is 0 Å². The molecule has 1 aromatic heterocycles. The second-order valence-electron chi connectivity index (χ2n) is 8.60. The second-order valence-corrected chi connectivity index (χ2v) is 10.5. The van der Waals surface area contributed by atoms with Crippen molar-refractivity contribution in [3.8, 4) is 5.75 Å². The fourth-order valence-corrected chi connectivity index (χ4v) is 5.82. The minimum absolute atomic E-state index is 0.00169. The molecule has 0 bridgehead atoms. The van der Waals surface area contributed by atoms with Gasteiger partial charge in [-0.15, -0.1) is 0 Å². The van der Waals surface area contributed by atoms with Gasteiger partial charge in [-0.1, -0.05) is 42.7 Å². The number of aromatic amines is 1. The van der Waals surface area contributed by atoms with Crippen LogP contribution in [0.5, 0.6) is 5.75 Å². The lowest BCUT2D eigenvalue weighted by molar-refractivity contribution is 0.412. The number of rotatable bonds is 7. The number of para-hydroxylation sites is 1. The summed E-state index contributed by atoms with van der Waals surface area (Å²) in [6.07, 6.45) is 2.16. The molecule has 6 heteroatoms. The Hall–Kier alpha value is -2.28. The molecule has 1 aliphatic rings. The van der Waals surface area contributed by atoms with Crippen molar-refractivity contribution in [1.82, 2.24) is 15.0 Å². The standard InChI is InChI=1S/C25H34N4OS/c1-5-31(19-10-11-24(30-4)23(16-19)29-14-12-26-13-15-29)28-18-25(2,3)21-17-27-22-9-7-6-8-20(21)22/h5-11,16-17,26-28H,12-15,18H2,1-4H3. The van der Waals surface area contributed by atoms with Gasteiger partial charge in [-0.25, -0.2) is 0 Å². The molecule has 0 aliphatic carbocycles. The summed E-state index contributed by atoms with van der Waals surface area (Å²) in [5.74, 6) is 0.949. The summed E-state index contributed by atoms with van der Waals surface area (Å²) in [6, 6.07) is 15.2. The SMILES string of the molecule is C/C=S(\NCC(C)(C)c1c[nH]c2ccccc12)c1ccc(OC)c(N2CCNCC2)c1. The molecule has 4 rings (SSSR count). The molecule has 2 heterocycles. The van der Waals surface area contributed by atoms with Crippen LogP contribution in [0.15, 0.2) is 53.6 Å². The summed E-state index contributed by atoms with van der Waals surface area (Å²) in [6.45, 7) is 11.7. The average Bonchev–Trinajstić information content (AvgIpc) is 3.25. The Morgan fingerprint density at radius 2 is 1.94 bits per heavy atom. The number of nitrogens with one attached hydrogen (secondary N) is 3. The summed E-state index contributed by atoms with van der Waals surface area (Å²) in [7, 11) is 1.61. The van der Waals surface area contributed by atoms with Crippen LogP contribution in [-0.2, 0) is 5.41 Å². The lowest BCUT2D eigenvalue weighted by atomic mass is 9.85. The minimum Gasteiger partial charge on any atom is -0.495 e. The summed E-state index contributed by atoms with van der Waals surface area (Å²) in [4.78, 5) is 7.15. The van der Waals surface area contributed by atoms with Gasteiger partial charge < -0.3 is 19.9 Å². The van der Waals surface area contributed by atoms with Gasteiger partial charge in [0.2, 0.25) is 0 Å². The van der Waals surface area contributed by atoms with Gasteiger partial charge in [0.15, 0.2) is 0 Å². The highest BCUT2D eigenvalue weighted by Crippen LogP contribution is 2.36. The highest BCUT2D eigenvalue weighted by atomic mass is 32.2. The first-order valence-corrected chi connectivity index (χ1v) is 12.3. The molecule has 0 amide bonds. The number of H-pyrrole nitrogens is 1. The molecule has 3 aromatic rings. The molecule has 0 spiro atoms. The van der Waals surface area contributed by atoms with Crippen LogP contribution in [0, 0.1) is 0 Å². The van der Waals surface area contributed by atoms with Gasteiger partial charge in [0.1, 0.15) is 5.75 Å². The highest BCUT2D eigenvalue weighted by molar-refractivity contribution is 8.13. The van der Waals surface area contributed by atoms with Crippen molar-refractivity contribution < 1.29 is 4.74 Å². The van der Waals surface area contributed by atoms with Gasteiger partial charge in [0.25, 0.3) is 0 Å². The Morgan fingerprint density at radius 1 is 1.16 bits per heavy atom. The number of aromatic nitrogens is 1. The number of nitrogens with zero attached hydrogens (tertiary/aromatic N) is 1. The van der Waals surface area contributed by atoms with Gasteiger partial charge in [-0.3, -0.25) is 4.72 Å². The van der Waals surface area contributed by atoms with E-state index in [-0.39, 0.29) is 16.1 Å². The van der Waals surface area contributed by atoms with Crippen molar-refractivity contribution in [2.45, 2.75) is 31.1 Å². The van der Waals surface area contributed by atoms with E-state index in [1.54, 1.807) is 7.11 Å². The lowest BCUT2D eigenvalue weighted by Gasteiger charge is -2.31. The predicted molar refractivity (Wildman–Crippen MR) is 135 cm³/mol. The zero-order valence-corrected chi connectivity index (χ0v) is 19.8. The molecule has 166 valence electrons. The Kier molecular flexibility index (Phi) is 6.70. The normalized spacial score (nSPS) is 16.1. The zero-order chi connectivity index (χ0) is 21.8. The van der Waals surface area contributed by atoms with E-state index in [0.717, 1.165) is 38.5 Å². The number of anilines is 1. The molecular weight excluding hydrogens is 404 g/mol. The van der Waals surface area contributed by atoms with Crippen LogP contribution in [0.4, 0.5) is 5.69 Å². The second kappa shape index (κ2) is 9.47. The van der Waals surface area contributed by atoms with Crippen LogP contribution in [0.3, 0.4) is 0 Å². The minimum atomic E-state index is -0.145. The average molecular weight is 439 g/mol. The number of piperazine rings is 1. The molecule has 1 unspecified atom stereocenters. The first kappa shape index (κ1) is 21.9. The van der Waals surface area contributed by atoms with E-state index in [0.29, 0.717) is 0 Å². The fraction of sp³-hybridized carbons (Fsp3) is 0.400. The zero-order valence-electron chi connectivity index (χ0n) is 19.0. The molecule has 1 aliphatic heterocycles. The maximum atomic E-state index is 5.68. The van der Waals surface area contributed by atoms with Crippen LogP contribution in [0.2, 0.25) is 0 Å². The van der Waals surface area contributed by atoms with Gasteiger partial charge in [-0.05, 0) is 42.1 Å². The van der Waals surface area contributed by atoms with E-state index in [2.05, 4.69) is 94.7 Å². The number of ether oxygens (including phenoxy) is 1. The van der Waals surface area contributed by atoms with E-state index in [9.17, 15) is 0 Å². The van der Waals surface area contributed by atoms with Gasteiger partial charge >= 0.3 is 0 Å². The van der Waals surface area contributed by atoms with E-state index < -0.39 is 0 Å². The molecule has 31 heavy (non-hydrogen) atoms. The maximum Gasteiger partial charge on any atom is 0.142 e. The van der Waals surface area contributed by atoms with Crippen molar-refractivity contribution >= 4 is 32.6 Å². The lowest BCUT2D eigenvalue weighted by Crippen LogP contribution is -2.43. The monoisotopic (exact) mass is 438 g/mol. The van der Waals surface area contributed by atoms with Crippen LogP contribution in [-0.4, -0.2) is 50.2 Å². The highest BCUT2D eigenvalue weighted by Gasteiger charge is 2.24. The topological polar surface area (TPSA) is 52.3 Å². The first-order chi connectivity index (χ1) is 15.0. The molecule has 0 radical (unpaired) electrons. The number of fused-ring (bicyclic) bond motifs is 1. The van der Waals surface area contributed by atoms with Gasteiger partial charge in [0, 0.05) is 60.1 Å². The van der Waals surface area contributed by atoms with Crippen molar-refractivity contribution in [2.75, 3.05) is 44.7 Å². The Labute approximate surface area is 188 Å². The Bertz CT molecular complexity index is 1070. The summed E-state index contributed by atoms with van der Waals surface area (Å²) in [5.41, 5.74) is 3.74. The van der Waals surface area contributed by atoms with E-state index >= 15 is 0 Å². The smallest absolute Gasteiger partial charge is 0.142 e. The van der Waals surface area contributed by atoms with E-state index in [4.69, 9.17) is 4.74 Å². The van der Waals surface area contributed by atoms with Crippen LogP contribution >= 0.6 is 10.7 Å². The van der Waals surface area contributed by atoms with Crippen molar-refractivity contribution in [3.05, 3.63) is 54.2 Å². The van der Waals surface area contributed by atoms with Gasteiger partial charge in [0.05, 0.1) is 12.8 Å². The molecule has 0 saturated carbocycles. The molecular formula is C25H34N4OS. The number of hydrogen-bond acceptors (Lipinski definition) is 4. The summed E-state index contributed by atoms with van der Waals surface area (Å²) in [5, 5.41) is 7.01. The number of methoxy groups -OCH3 is 1. The largest absolute Gasteiger partial charge is 0.495 e. The third-order valence-electron chi connectivity index (χ3n) is 6.09. The maximum absolute atomic E-state index is 5.68. The Balaban J connectivity index is 1.55. The molecule has 1 atom stereocenters. The molecule has 1 saturated heterocycles. The molecule has 1 fully saturated rings. The predicted octanol–water partition coefficient (Wildman–Crippen LogP) is 4.52. The van der Waals surface area contributed by atoms with Crippen molar-refractivity contribution in [3.63, 3.8) is 0 Å². The van der Waals surface area contributed by atoms with E-state index in [1.165, 1.54) is 27.0 Å². The molecule has 2 aromatic carbocycles. The van der Waals surface area contributed by atoms with Crippen molar-refractivity contribution in [2.24, 2.45) is 0 Å². The number of benzene rings is 2. The third-order valence-corrected chi connectivity index (χ3v) is 7.77. The van der Waals surface area contributed by atoms with Crippen LogP contribution in [0.25, 0.3) is 10.9 Å². The van der Waals surface area contributed by atoms with Crippen molar-refractivity contribution in [1.29, 1.82) is 0 Å². The van der Waals surface area contributed by atoms with E-state index in [1.807, 2.05) is 0 Å². The third kappa shape index (κ3) is 4.66. The van der Waals surface area contributed by atoms with Crippen LogP contribution < -0.4 is 19.7 Å². The summed E-state index contributed by atoms with van der Waals surface area (Å²) < 4.78 is 9.51. The number of hydrogen-bond donors (Lipinski definition) is 3. The fourth-order valence-electron chi connectivity index (χ4n) is 4.25. The first-order valence-electron chi connectivity index (χ1n) is 11.0. The Morgan fingerprint density at radius 3 is 2.68 bits per heavy atom. The summed E-state index contributed by atoms with van der Waals surface area (Å²) >= 11 is 0. The quantitative estimate of drug-likeness (QED) is 0.475. The van der Waals surface area contributed by atoms with Crippen LogP contribution in [0.1, 0.15) is 26.3 Å².